The first kappa shape index (κ1) is 14.5. The third-order valence-corrected chi connectivity index (χ3v) is 5.90. The number of carbonyl (C=O) groups is 1. The molecule has 2 heterocycles. The Hall–Kier alpha value is -2.10. The number of likely N-dealkylation sites (tertiary alicyclic amines) is 1. The van der Waals surface area contributed by atoms with Gasteiger partial charge in [0.15, 0.2) is 0 Å². The molecule has 2 atom stereocenters. The molecule has 0 unspecified atom stereocenters. The molecule has 1 saturated heterocycles. The first-order valence-electron chi connectivity index (χ1n) is 8.50. The van der Waals surface area contributed by atoms with E-state index < -0.39 is 0 Å². The van der Waals surface area contributed by atoms with E-state index >= 15 is 0 Å². The highest BCUT2D eigenvalue weighted by Crippen LogP contribution is 2.54. The van der Waals surface area contributed by atoms with Crippen LogP contribution in [-0.4, -0.2) is 27.1 Å². The Kier molecular flexibility index (Phi) is 3.29. The zero-order valence-corrected chi connectivity index (χ0v) is 13.8. The van der Waals surface area contributed by atoms with E-state index in [9.17, 15) is 4.79 Å². The van der Waals surface area contributed by atoms with E-state index in [2.05, 4.69) is 34.3 Å². The number of aromatic nitrogens is 2. The summed E-state index contributed by atoms with van der Waals surface area (Å²) in [5, 5.41) is 4.25. The predicted molar refractivity (Wildman–Crippen MR) is 89.1 cm³/mol. The quantitative estimate of drug-likeness (QED) is 0.854. The van der Waals surface area contributed by atoms with E-state index in [-0.39, 0.29) is 11.4 Å². The largest absolute Gasteiger partial charge is 0.328 e. The lowest BCUT2D eigenvalue weighted by Crippen LogP contribution is -2.67. The lowest BCUT2D eigenvalue weighted by atomic mass is 9.61. The van der Waals surface area contributed by atoms with Crippen molar-refractivity contribution in [2.45, 2.75) is 38.1 Å². The summed E-state index contributed by atoms with van der Waals surface area (Å²) in [5.41, 5.74) is 2.88. The second-order valence-corrected chi connectivity index (χ2v) is 6.92. The van der Waals surface area contributed by atoms with E-state index in [1.807, 2.05) is 20.0 Å². The topological polar surface area (TPSA) is 38.1 Å². The molecule has 0 N–H and O–H groups in total. The van der Waals surface area contributed by atoms with Crippen molar-refractivity contribution in [1.29, 1.82) is 0 Å². The second kappa shape index (κ2) is 5.22. The van der Waals surface area contributed by atoms with Gasteiger partial charge in [-0.05, 0) is 25.3 Å². The summed E-state index contributed by atoms with van der Waals surface area (Å²) in [7, 11) is 1.89. The normalized spacial score (nSPS) is 26.5. The molecule has 1 aromatic carbocycles. The van der Waals surface area contributed by atoms with Gasteiger partial charge in [0.1, 0.15) is 0 Å². The number of benzene rings is 1. The summed E-state index contributed by atoms with van der Waals surface area (Å²) < 4.78 is 1.78. The van der Waals surface area contributed by atoms with Crippen molar-refractivity contribution in [2.24, 2.45) is 13.0 Å². The highest BCUT2D eigenvalue weighted by Gasteiger charge is 2.57. The Balaban J connectivity index is 1.74. The van der Waals surface area contributed by atoms with Gasteiger partial charge >= 0.3 is 0 Å². The number of fused-ring (bicyclic) bond motifs is 1. The highest BCUT2D eigenvalue weighted by molar-refractivity contribution is 5.96. The van der Waals surface area contributed by atoms with Crippen LogP contribution in [0.5, 0.6) is 0 Å². The van der Waals surface area contributed by atoms with Gasteiger partial charge in [0.2, 0.25) is 0 Å². The van der Waals surface area contributed by atoms with Crippen molar-refractivity contribution in [3.8, 4) is 0 Å². The first-order valence-corrected chi connectivity index (χ1v) is 8.50. The zero-order chi connectivity index (χ0) is 16.0. The van der Waals surface area contributed by atoms with Gasteiger partial charge in [0.25, 0.3) is 5.91 Å². The molecule has 4 nitrogen and oxygen atoms in total. The number of rotatable bonds is 2. The number of amides is 1. The zero-order valence-electron chi connectivity index (χ0n) is 13.8. The molecule has 2 aromatic rings. The standard InChI is InChI=1S/C19H23N3O/c1-14-17(12-20-21(14)2)18(23)22-13-16-10-6-7-11-19(16,22)15-8-4-3-5-9-15/h3-5,8-9,12,16H,6-7,10-11,13H2,1-2H3/t16-,19-/m0/s1. The fourth-order valence-electron chi connectivity index (χ4n) is 4.48. The van der Waals surface area contributed by atoms with Gasteiger partial charge < -0.3 is 4.90 Å². The summed E-state index contributed by atoms with van der Waals surface area (Å²) in [4.78, 5) is 15.3. The van der Waals surface area contributed by atoms with E-state index in [1.165, 1.54) is 24.8 Å². The third kappa shape index (κ3) is 1.97. The molecule has 2 fully saturated rings. The molecule has 4 rings (SSSR count). The summed E-state index contributed by atoms with van der Waals surface area (Å²) in [6.45, 7) is 2.84. The van der Waals surface area contributed by atoms with Gasteiger partial charge in [-0.15, -0.1) is 0 Å². The summed E-state index contributed by atoms with van der Waals surface area (Å²) in [6, 6.07) is 10.6. The number of aryl methyl sites for hydroxylation is 1. The first-order chi connectivity index (χ1) is 11.1. The Morgan fingerprint density at radius 1 is 1.26 bits per heavy atom. The Bertz CT molecular complexity index is 736. The fraction of sp³-hybridized carbons (Fsp3) is 0.474. The lowest BCUT2D eigenvalue weighted by molar-refractivity contribution is -0.0869. The van der Waals surface area contributed by atoms with Crippen LogP contribution in [0.15, 0.2) is 36.5 Å². The van der Waals surface area contributed by atoms with Gasteiger partial charge in [-0.3, -0.25) is 9.48 Å². The van der Waals surface area contributed by atoms with Crippen molar-refractivity contribution in [3.63, 3.8) is 0 Å². The molecule has 0 radical (unpaired) electrons. The van der Waals surface area contributed by atoms with E-state index in [0.29, 0.717) is 5.92 Å². The monoisotopic (exact) mass is 309 g/mol. The summed E-state index contributed by atoms with van der Waals surface area (Å²) >= 11 is 0. The van der Waals surface area contributed by atoms with Gasteiger partial charge in [-0.1, -0.05) is 43.2 Å². The smallest absolute Gasteiger partial charge is 0.258 e. The second-order valence-electron chi connectivity index (χ2n) is 6.92. The SMILES string of the molecule is Cc1c(C(=O)N2C[C@@H]3CCCC[C@]32c2ccccc2)cnn1C. The van der Waals surface area contributed by atoms with Crippen LogP contribution in [0.25, 0.3) is 0 Å². The van der Waals surface area contributed by atoms with Crippen LogP contribution < -0.4 is 0 Å². The number of nitrogens with zero attached hydrogens (tertiary/aromatic N) is 3. The molecule has 2 aliphatic rings. The molecule has 4 heteroatoms. The van der Waals surface area contributed by atoms with E-state index in [0.717, 1.165) is 24.2 Å². The Morgan fingerprint density at radius 3 is 2.70 bits per heavy atom. The molecule has 120 valence electrons. The van der Waals surface area contributed by atoms with Crippen molar-refractivity contribution in [2.75, 3.05) is 6.54 Å². The van der Waals surface area contributed by atoms with Gasteiger partial charge in [0, 0.05) is 25.2 Å². The molecule has 0 bridgehead atoms. The average molecular weight is 309 g/mol. The van der Waals surface area contributed by atoms with Crippen LogP contribution in [0.3, 0.4) is 0 Å². The van der Waals surface area contributed by atoms with Gasteiger partial charge in [0.05, 0.1) is 17.3 Å². The molecule has 1 aliphatic carbocycles. The Morgan fingerprint density at radius 2 is 2.04 bits per heavy atom. The van der Waals surface area contributed by atoms with Crippen LogP contribution in [0, 0.1) is 12.8 Å². The average Bonchev–Trinajstić information content (AvgIpc) is 2.89. The van der Waals surface area contributed by atoms with Gasteiger partial charge in [-0.25, -0.2) is 0 Å². The molecular formula is C19H23N3O. The van der Waals surface area contributed by atoms with Crippen LogP contribution in [0.2, 0.25) is 0 Å². The number of hydrogen-bond donors (Lipinski definition) is 0. The Labute approximate surface area is 137 Å². The minimum atomic E-state index is -0.0983. The lowest BCUT2D eigenvalue weighted by Gasteiger charge is -2.61. The molecule has 1 saturated carbocycles. The maximum atomic E-state index is 13.2. The fourth-order valence-corrected chi connectivity index (χ4v) is 4.48. The van der Waals surface area contributed by atoms with Crippen molar-refractivity contribution in [1.82, 2.24) is 14.7 Å². The van der Waals surface area contributed by atoms with E-state index in [1.54, 1.807) is 10.9 Å². The maximum absolute atomic E-state index is 13.2. The molecular weight excluding hydrogens is 286 g/mol. The van der Waals surface area contributed by atoms with Gasteiger partial charge in [-0.2, -0.15) is 5.10 Å². The molecule has 0 spiro atoms. The van der Waals surface area contributed by atoms with Crippen LogP contribution in [0.4, 0.5) is 0 Å². The number of hydrogen-bond acceptors (Lipinski definition) is 2. The summed E-state index contributed by atoms with van der Waals surface area (Å²) in [6.07, 6.45) is 6.50. The minimum Gasteiger partial charge on any atom is -0.328 e. The highest BCUT2D eigenvalue weighted by atomic mass is 16.2. The molecule has 23 heavy (non-hydrogen) atoms. The maximum Gasteiger partial charge on any atom is 0.258 e. The van der Waals surface area contributed by atoms with Crippen LogP contribution >= 0.6 is 0 Å². The third-order valence-electron chi connectivity index (χ3n) is 5.90. The van der Waals surface area contributed by atoms with Crippen molar-refractivity contribution >= 4 is 5.91 Å². The minimum absolute atomic E-state index is 0.0983. The van der Waals surface area contributed by atoms with Crippen LogP contribution in [0.1, 0.15) is 47.3 Å². The molecule has 1 aromatic heterocycles. The molecule has 1 aliphatic heterocycles. The van der Waals surface area contributed by atoms with E-state index in [4.69, 9.17) is 0 Å². The number of carbonyl (C=O) groups excluding carboxylic acids is 1. The van der Waals surface area contributed by atoms with Crippen molar-refractivity contribution < 1.29 is 4.79 Å². The molecule has 1 amide bonds. The van der Waals surface area contributed by atoms with Crippen molar-refractivity contribution in [3.05, 3.63) is 53.3 Å². The summed E-state index contributed by atoms with van der Waals surface area (Å²) in [5.74, 6) is 0.734. The predicted octanol–water partition coefficient (Wildman–Crippen LogP) is 3.27. The van der Waals surface area contributed by atoms with Crippen LogP contribution in [-0.2, 0) is 12.6 Å².